The minimum absolute atomic E-state index is 0.178. The quantitative estimate of drug-likeness (QED) is 0.553. The summed E-state index contributed by atoms with van der Waals surface area (Å²) < 4.78 is 12.4. The van der Waals surface area contributed by atoms with Gasteiger partial charge in [-0.05, 0) is 12.2 Å². The number of nitrogens with zero attached hydrogens (tertiary/aromatic N) is 1. The van der Waals surface area contributed by atoms with Gasteiger partial charge in [-0.25, -0.2) is 4.39 Å². The molecule has 0 aromatic carbocycles. The minimum atomic E-state index is -0.284. The molecule has 1 rings (SSSR count). The molecule has 2 unspecified atom stereocenters. The summed E-state index contributed by atoms with van der Waals surface area (Å²) in [6.07, 6.45) is 4.24. The Morgan fingerprint density at radius 1 is 1.70 bits per heavy atom. The zero-order chi connectivity index (χ0) is 7.56. The summed E-state index contributed by atoms with van der Waals surface area (Å²) in [4.78, 5) is -0.178. The highest BCUT2D eigenvalue weighted by molar-refractivity contribution is 9.09. The average Bonchev–Trinajstić information content (AvgIpc) is 1.88. The highest BCUT2D eigenvalue weighted by atomic mass is 79.9. The van der Waals surface area contributed by atoms with Gasteiger partial charge in [-0.15, -0.1) is 0 Å². The maximum atomic E-state index is 12.4. The Morgan fingerprint density at radius 2 is 2.40 bits per heavy atom. The van der Waals surface area contributed by atoms with Gasteiger partial charge in [0, 0.05) is 0 Å². The molecule has 0 fully saturated rings. The Bertz CT molecular complexity index is 226. The molecule has 1 aliphatic carbocycles. The van der Waals surface area contributed by atoms with Crippen LogP contribution in [0, 0.1) is 17.2 Å². The standard InChI is InChI=1S/C7H5BrFN/c8-7-3-6(9)2-1-5(7)4-10/h1-3,5,7H. The third-order valence-electron chi connectivity index (χ3n) is 1.27. The lowest BCUT2D eigenvalue weighted by atomic mass is 10.0. The lowest BCUT2D eigenvalue weighted by Crippen LogP contribution is -2.09. The number of hydrogen-bond donors (Lipinski definition) is 0. The van der Waals surface area contributed by atoms with Crippen LogP contribution in [-0.2, 0) is 0 Å². The van der Waals surface area contributed by atoms with Crippen molar-refractivity contribution in [3.05, 3.63) is 24.1 Å². The second kappa shape index (κ2) is 2.98. The van der Waals surface area contributed by atoms with Crippen LogP contribution in [0.25, 0.3) is 0 Å². The molecular weight excluding hydrogens is 197 g/mol. The van der Waals surface area contributed by atoms with Gasteiger partial charge in [0.25, 0.3) is 0 Å². The highest BCUT2D eigenvalue weighted by Crippen LogP contribution is 2.22. The third kappa shape index (κ3) is 1.45. The molecule has 52 valence electrons. The normalized spacial score (nSPS) is 31.1. The lowest BCUT2D eigenvalue weighted by molar-refractivity contribution is 0.645. The fraction of sp³-hybridized carbons (Fsp3) is 0.286. The molecule has 3 heteroatoms. The first-order valence-electron chi connectivity index (χ1n) is 2.83. The van der Waals surface area contributed by atoms with E-state index in [-0.39, 0.29) is 16.6 Å². The summed E-state index contributed by atoms with van der Waals surface area (Å²) >= 11 is 3.17. The summed E-state index contributed by atoms with van der Waals surface area (Å²) in [6, 6.07) is 2.03. The molecule has 0 N–H and O–H groups in total. The van der Waals surface area contributed by atoms with E-state index in [2.05, 4.69) is 15.9 Å². The van der Waals surface area contributed by atoms with Gasteiger partial charge in [0.1, 0.15) is 5.83 Å². The van der Waals surface area contributed by atoms with Crippen molar-refractivity contribution in [3.8, 4) is 6.07 Å². The largest absolute Gasteiger partial charge is 0.207 e. The summed E-state index contributed by atoms with van der Waals surface area (Å²) in [5, 5.41) is 8.46. The molecule has 1 nitrogen and oxygen atoms in total. The van der Waals surface area contributed by atoms with Crippen LogP contribution in [0.3, 0.4) is 0 Å². The maximum Gasteiger partial charge on any atom is 0.120 e. The van der Waals surface area contributed by atoms with Crippen molar-refractivity contribution in [2.75, 3.05) is 0 Å². The molecule has 0 radical (unpaired) electrons. The fourth-order valence-corrected chi connectivity index (χ4v) is 1.27. The second-order valence-electron chi connectivity index (χ2n) is 2.01. The molecular formula is C7H5BrFN. The van der Waals surface area contributed by atoms with Gasteiger partial charge in [0.05, 0.1) is 16.8 Å². The number of rotatable bonds is 0. The van der Waals surface area contributed by atoms with Gasteiger partial charge >= 0.3 is 0 Å². The van der Waals surface area contributed by atoms with Gasteiger partial charge in [-0.2, -0.15) is 5.26 Å². The maximum absolute atomic E-state index is 12.4. The van der Waals surface area contributed by atoms with Crippen LogP contribution in [-0.4, -0.2) is 4.83 Å². The van der Waals surface area contributed by atoms with E-state index in [1.807, 2.05) is 6.07 Å². The SMILES string of the molecule is N#CC1C=CC(F)=CC1Br. The van der Waals surface area contributed by atoms with Crippen molar-refractivity contribution in [2.24, 2.45) is 5.92 Å². The first kappa shape index (κ1) is 7.49. The third-order valence-corrected chi connectivity index (χ3v) is 2.11. The van der Waals surface area contributed by atoms with Crippen LogP contribution in [0.5, 0.6) is 0 Å². The molecule has 0 bridgehead atoms. The zero-order valence-corrected chi connectivity index (χ0v) is 6.68. The first-order valence-corrected chi connectivity index (χ1v) is 3.75. The van der Waals surface area contributed by atoms with Crippen molar-refractivity contribution >= 4 is 15.9 Å². The molecule has 0 saturated carbocycles. The van der Waals surface area contributed by atoms with E-state index in [9.17, 15) is 4.39 Å². The van der Waals surface area contributed by atoms with Crippen molar-refractivity contribution in [1.29, 1.82) is 5.26 Å². The van der Waals surface area contributed by atoms with Crippen LogP contribution >= 0.6 is 15.9 Å². The first-order chi connectivity index (χ1) is 4.74. The molecule has 0 heterocycles. The van der Waals surface area contributed by atoms with E-state index in [1.165, 1.54) is 12.2 Å². The Balaban J connectivity index is 2.76. The predicted molar refractivity (Wildman–Crippen MR) is 40.1 cm³/mol. The minimum Gasteiger partial charge on any atom is -0.207 e. The van der Waals surface area contributed by atoms with Gasteiger partial charge in [0.15, 0.2) is 0 Å². The van der Waals surface area contributed by atoms with Gasteiger partial charge in [-0.3, -0.25) is 0 Å². The Morgan fingerprint density at radius 3 is 2.90 bits per heavy atom. The lowest BCUT2D eigenvalue weighted by Gasteiger charge is -2.10. The van der Waals surface area contributed by atoms with Gasteiger partial charge in [0.2, 0.25) is 0 Å². The summed E-state index contributed by atoms with van der Waals surface area (Å²) in [5.74, 6) is -0.520. The Hall–Kier alpha value is -0.620. The van der Waals surface area contributed by atoms with E-state index in [1.54, 1.807) is 6.08 Å². The van der Waals surface area contributed by atoms with E-state index in [4.69, 9.17) is 5.26 Å². The average molecular weight is 202 g/mol. The number of hydrogen-bond acceptors (Lipinski definition) is 1. The van der Waals surface area contributed by atoms with E-state index < -0.39 is 0 Å². The number of alkyl halides is 1. The molecule has 0 aromatic rings. The van der Waals surface area contributed by atoms with E-state index in [0.717, 1.165) is 0 Å². The molecule has 0 aliphatic heterocycles. The van der Waals surface area contributed by atoms with Crippen LogP contribution in [0.4, 0.5) is 4.39 Å². The molecule has 0 amide bonds. The van der Waals surface area contributed by atoms with Crippen molar-refractivity contribution in [2.45, 2.75) is 4.83 Å². The van der Waals surface area contributed by atoms with Crippen molar-refractivity contribution in [3.63, 3.8) is 0 Å². The molecule has 10 heavy (non-hydrogen) atoms. The summed E-state index contributed by atoms with van der Waals surface area (Å²) in [6.45, 7) is 0. The molecule has 1 aliphatic rings. The topological polar surface area (TPSA) is 23.8 Å². The van der Waals surface area contributed by atoms with Crippen LogP contribution in [0.2, 0.25) is 0 Å². The van der Waals surface area contributed by atoms with Crippen molar-refractivity contribution in [1.82, 2.24) is 0 Å². The Kier molecular flexibility index (Phi) is 2.23. The number of halogens is 2. The van der Waals surface area contributed by atoms with Crippen molar-refractivity contribution < 1.29 is 4.39 Å². The molecule has 0 saturated heterocycles. The smallest absolute Gasteiger partial charge is 0.120 e. The van der Waals surface area contributed by atoms with Crippen LogP contribution in [0.15, 0.2) is 24.1 Å². The fourth-order valence-electron chi connectivity index (χ4n) is 0.727. The van der Waals surface area contributed by atoms with E-state index in [0.29, 0.717) is 0 Å². The second-order valence-corrected chi connectivity index (χ2v) is 3.07. The molecule has 2 atom stereocenters. The predicted octanol–water partition coefficient (Wildman–Crippen LogP) is 2.31. The van der Waals surface area contributed by atoms with E-state index >= 15 is 0 Å². The number of nitriles is 1. The molecule has 0 spiro atoms. The monoisotopic (exact) mass is 201 g/mol. The zero-order valence-electron chi connectivity index (χ0n) is 5.09. The van der Waals surface area contributed by atoms with Crippen LogP contribution in [0.1, 0.15) is 0 Å². The number of allylic oxidation sites excluding steroid dienone is 4. The van der Waals surface area contributed by atoms with Crippen LogP contribution < -0.4 is 0 Å². The Labute approximate surface area is 67.0 Å². The molecule has 0 aromatic heterocycles. The summed E-state index contributed by atoms with van der Waals surface area (Å²) in [7, 11) is 0. The highest BCUT2D eigenvalue weighted by Gasteiger charge is 2.16. The van der Waals surface area contributed by atoms with Gasteiger partial charge < -0.3 is 0 Å². The van der Waals surface area contributed by atoms with Gasteiger partial charge in [-0.1, -0.05) is 22.0 Å². The summed E-state index contributed by atoms with van der Waals surface area (Å²) in [5.41, 5.74) is 0.